The van der Waals surface area contributed by atoms with E-state index < -0.39 is 17.2 Å². The van der Waals surface area contributed by atoms with Crippen LogP contribution in [0.4, 0.5) is 0 Å². The maximum Gasteiger partial charge on any atom is 0.349 e. The van der Waals surface area contributed by atoms with E-state index in [9.17, 15) is 9.59 Å². The highest BCUT2D eigenvalue weighted by Gasteiger charge is 2.33. The van der Waals surface area contributed by atoms with Gasteiger partial charge in [0, 0.05) is 6.42 Å². The maximum absolute atomic E-state index is 11.2. The van der Waals surface area contributed by atoms with E-state index in [1.165, 1.54) is 14.0 Å². The van der Waals surface area contributed by atoms with E-state index in [-0.39, 0.29) is 12.2 Å². The molecule has 0 aromatic carbocycles. The summed E-state index contributed by atoms with van der Waals surface area (Å²) in [5, 5.41) is 0. The second kappa shape index (κ2) is 6.82. The average Bonchev–Trinajstić information content (AvgIpc) is 2.11. The molecule has 18 heavy (non-hydrogen) atoms. The SMILES string of the molecule is COOC(C)(C)CC(C)(C)OOC(=O)CC(C)=O. The first-order valence-corrected chi connectivity index (χ1v) is 5.68. The second-order valence-electron chi connectivity index (χ2n) is 5.36. The molecular formula is C12H22O6. The summed E-state index contributed by atoms with van der Waals surface area (Å²) in [6.45, 7) is 8.43. The topological polar surface area (TPSA) is 71.1 Å². The molecule has 0 aliphatic heterocycles. The van der Waals surface area contributed by atoms with E-state index in [0.29, 0.717) is 6.42 Å². The summed E-state index contributed by atoms with van der Waals surface area (Å²) >= 11 is 0. The van der Waals surface area contributed by atoms with Crippen molar-refractivity contribution in [2.24, 2.45) is 0 Å². The third-order valence-corrected chi connectivity index (χ3v) is 1.91. The summed E-state index contributed by atoms with van der Waals surface area (Å²) < 4.78 is 0. The van der Waals surface area contributed by atoms with Gasteiger partial charge in [-0.3, -0.25) is 9.68 Å². The third kappa shape index (κ3) is 8.16. The summed E-state index contributed by atoms with van der Waals surface area (Å²) in [7, 11) is 1.42. The molecule has 0 radical (unpaired) electrons. The van der Waals surface area contributed by atoms with Crippen molar-refractivity contribution in [3.05, 3.63) is 0 Å². The molecular weight excluding hydrogens is 240 g/mol. The van der Waals surface area contributed by atoms with Gasteiger partial charge < -0.3 is 0 Å². The Morgan fingerprint density at radius 1 is 1.00 bits per heavy atom. The highest BCUT2D eigenvalue weighted by Crippen LogP contribution is 2.26. The van der Waals surface area contributed by atoms with Gasteiger partial charge in [-0.1, -0.05) is 0 Å². The molecule has 0 aliphatic rings. The number of carbonyl (C=O) groups is 2. The Morgan fingerprint density at radius 3 is 1.94 bits per heavy atom. The standard InChI is InChI=1S/C12H22O6/c1-9(13)7-10(14)16-18-12(4,5)8-11(2,3)17-15-6/h7-8H2,1-6H3. The van der Waals surface area contributed by atoms with Crippen molar-refractivity contribution in [1.29, 1.82) is 0 Å². The predicted octanol–water partition coefficient (Wildman–Crippen LogP) is 1.97. The minimum Gasteiger partial charge on any atom is -0.299 e. The summed E-state index contributed by atoms with van der Waals surface area (Å²) in [5.41, 5.74) is -1.35. The third-order valence-electron chi connectivity index (χ3n) is 1.91. The quantitative estimate of drug-likeness (QED) is 0.378. The van der Waals surface area contributed by atoms with Crippen LogP contribution in [-0.4, -0.2) is 30.1 Å². The lowest BCUT2D eigenvalue weighted by molar-refractivity contribution is -0.368. The minimum atomic E-state index is -0.755. The van der Waals surface area contributed by atoms with Gasteiger partial charge in [-0.2, -0.15) is 4.89 Å². The Morgan fingerprint density at radius 2 is 1.50 bits per heavy atom. The molecule has 0 amide bonds. The molecule has 0 spiro atoms. The van der Waals surface area contributed by atoms with Crippen molar-refractivity contribution >= 4 is 11.8 Å². The fourth-order valence-electron chi connectivity index (χ4n) is 1.70. The Kier molecular flexibility index (Phi) is 6.45. The van der Waals surface area contributed by atoms with Crippen molar-refractivity contribution in [3.8, 4) is 0 Å². The van der Waals surface area contributed by atoms with Gasteiger partial charge in [-0.25, -0.2) is 14.6 Å². The highest BCUT2D eigenvalue weighted by atomic mass is 17.2. The Labute approximate surface area is 107 Å². The minimum absolute atomic E-state index is 0.274. The Hall–Kier alpha value is -0.980. The first-order valence-electron chi connectivity index (χ1n) is 5.68. The fraction of sp³-hybridized carbons (Fsp3) is 0.833. The lowest BCUT2D eigenvalue weighted by atomic mass is 9.93. The summed E-state index contributed by atoms with van der Waals surface area (Å²) in [6, 6.07) is 0. The molecule has 6 nitrogen and oxygen atoms in total. The molecule has 0 fully saturated rings. The molecule has 0 rings (SSSR count). The number of hydrogen-bond donors (Lipinski definition) is 0. The smallest absolute Gasteiger partial charge is 0.299 e. The maximum atomic E-state index is 11.2. The van der Waals surface area contributed by atoms with Gasteiger partial charge in [-0.05, 0) is 34.6 Å². The number of ketones is 1. The highest BCUT2D eigenvalue weighted by molar-refractivity contribution is 5.93. The summed E-state index contributed by atoms with van der Waals surface area (Å²) in [5.74, 6) is -0.981. The summed E-state index contributed by atoms with van der Waals surface area (Å²) in [4.78, 5) is 41.2. The van der Waals surface area contributed by atoms with Crippen LogP contribution in [0.5, 0.6) is 0 Å². The van der Waals surface area contributed by atoms with Gasteiger partial charge in [0.2, 0.25) is 0 Å². The van der Waals surface area contributed by atoms with E-state index in [1.807, 2.05) is 13.8 Å². The van der Waals surface area contributed by atoms with Crippen LogP contribution >= 0.6 is 0 Å². The van der Waals surface area contributed by atoms with E-state index in [1.54, 1.807) is 13.8 Å². The zero-order chi connectivity index (χ0) is 14.4. The van der Waals surface area contributed by atoms with Gasteiger partial charge in [0.1, 0.15) is 23.4 Å². The monoisotopic (exact) mass is 262 g/mol. The van der Waals surface area contributed by atoms with Crippen molar-refractivity contribution in [2.45, 2.75) is 58.7 Å². The van der Waals surface area contributed by atoms with Gasteiger partial charge in [0.25, 0.3) is 0 Å². The molecule has 0 aromatic heterocycles. The number of rotatable bonds is 8. The molecule has 6 heteroatoms. The van der Waals surface area contributed by atoms with Gasteiger partial charge in [-0.15, -0.1) is 0 Å². The van der Waals surface area contributed by atoms with Crippen LogP contribution in [0.25, 0.3) is 0 Å². The molecule has 0 saturated carbocycles. The van der Waals surface area contributed by atoms with E-state index in [4.69, 9.17) is 9.78 Å². The summed E-state index contributed by atoms with van der Waals surface area (Å²) in [6.07, 6.45) is 0.134. The molecule has 0 atom stereocenters. The largest absolute Gasteiger partial charge is 0.349 e. The van der Waals surface area contributed by atoms with Crippen LogP contribution in [0.3, 0.4) is 0 Å². The van der Waals surface area contributed by atoms with Crippen LogP contribution < -0.4 is 0 Å². The van der Waals surface area contributed by atoms with Crippen LogP contribution in [-0.2, 0) is 29.1 Å². The first kappa shape index (κ1) is 17.0. The zero-order valence-electron chi connectivity index (χ0n) is 11.9. The lowest BCUT2D eigenvalue weighted by Crippen LogP contribution is -2.37. The normalized spacial score (nSPS) is 12.3. The molecule has 106 valence electrons. The second-order valence-corrected chi connectivity index (χ2v) is 5.36. The Bertz CT molecular complexity index is 295. The molecule has 0 bridgehead atoms. The zero-order valence-corrected chi connectivity index (χ0v) is 11.9. The van der Waals surface area contributed by atoms with Gasteiger partial charge in [0.15, 0.2) is 0 Å². The number of carbonyl (C=O) groups excluding carboxylic acids is 2. The molecule has 0 unspecified atom stereocenters. The van der Waals surface area contributed by atoms with E-state index in [0.717, 1.165) is 0 Å². The van der Waals surface area contributed by atoms with Crippen LogP contribution in [0.2, 0.25) is 0 Å². The van der Waals surface area contributed by atoms with Crippen LogP contribution in [0.1, 0.15) is 47.5 Å². The number of hydrogen-bond acceptors (Lipinski definition) is 6. The molecule has 0 aliphatic carbocycles. The Balaban J connectivity index is 4.22. The van der Waals surface area contributed by atoms with Crippen molar-refractivity contribution < 1.29 is 29.1 Å². The first-order chi connectivity index (χ1) is 8.08. The molecule has 0 heterocycles. The van der Waals surface area contributed by atoms with E-state index >= 15 is 0 Å². The van der Waals surface area contributed by atoms with Crippen LogP contribution in [0, 0.1) is 0 Å². The number of Topliss-reactive ketones (excluding diaryl/α,β-unsaturated/α-hetero) is 1. The molecule has 0 aromatic rings. The fourth-order valence-corrected chi connectivity index (χ4v) is 1.70. The van der Waals surface area contributed by atoms with E-state index in [2.05, 4.69) is 9.78 Å². The molecule has 0 N–H and O–H groups in total. The van der Waals surface area contributed by atoms with Crippen LogP contribution in [0.15, 0.2) is 0 Å². The van der Waals surface area contributed by atoms with Gasteiger partial charge in [0.05, 0.1) is 7.11 Å². The van der Waals surface area contributed by atoms with Gasteiger partial charge >= 0.3 is 5.97 Å². The average molecular weight is 262 g/mol. The van der Waals surface area contributed by atoms with Crippen molar-refractivity contribution in [1.82, 2.24) is 0 Å². The molecule has 0 saturated heterocycles. The van der Waals surface area contributed by atoms with Crippen molar-refractivity contribution in [3.63, 3.8) is 0 Å². The predicted molar refractivity (Wildman–Crippen MR) is 63.3 cm³/mol. The lowest BCUT2D eigenvalue weighted by Gasteiger charge is -2.31. The van der Waals surface area contributed by atoms with Crippen molar-refractivity contribution in [2.75, 3.05) is 7.11 Å².